The highest BCUT2D eigenvalue weighted by Gasteiger charge is 2.27. The number of nitrogens with zero attached hydrogens (tertiary/aromatic N) is 1. The van der Waals surface area contributed by atoms with E-state index >= 15 is 0 Å². The Morgan fingerprint density at radius 2 is 2.22 bits per heavy atom. The Labute approximate surface area is 136 Å². The van der Waals surface area contributed by atoms with Gasteiger partial charge in [-0.2, -0.15) is 0 Å². The normalized spacial score (nSPS) is 16.1. The summed E-state index contributed by atoms with van der Waals surface area (Å²) in [5.74, 6) is 0.953. The predicted octanol–water partition coefficient (Wildman–Crippen LogP) is 3.13. The van der Waals surface area contributed by atoms with Crippen LogP contribution in [0.2, 0.25) is 0 Å². The Bertz CT molecular complexity index is 711. The molecule has 4 nitrogen and oxygen atoms in total. The van der Waals surface area contributed by atoms with Crippen LogP contribution in [-0.4, -0.2) is 23.5 Å². The molecule has 2 heterocycles. The van der Waals surface area contributed by atoms with Crippen molar-refractivity contribution in [3.05, 3.63) is 47.7 Å². The number of amides is 1. The van der Waals surface area contributed by atoms with Crippen molar-refractivity contribution >= 4 is 5.91 Å². The summed E-state index contributed by atoms with van der Waals surface area (Å²) in [5, 5.41) is 2.95. The topological polar surface area (TPSA) is 51.2 Å². The summed E-state index contributed by atoms with van der Waals surface area (Å²) < 4.78 is 6.12. The Hall–Kier alpha value is -2.36. The molecule has 0 spiro atoms. The standard InChI is InChI=1S/C19H22N2O2/c1-12(2)19(22)21-11-15-10-14-8-13(3)9-16(18(14)23-15)17-6-4-5-7-20-17/h4-9,12,15H,10-11H2,1-3H3,(H,21,22)/t15-/m1/s1. The molecule has 1 aromatic heterocycles. The maximum absolute atomic E-state index is 11.7. The zero-order chi connectivity index (χ0) is 16.4. The molecule has 0 radical (unpaired) electrons. The molecule has 0 bridgehead atoms. The molecule has 120 valence electrons. The number of rotatable bonds is 4. The zero-order valence-corrected chi connectivity index (χ0v) is 13.8. The van der Waals surface area contributed by atoms with E-state index in [1.807, 2.05) is 32.0 Å². The van der Waals surface area contributed by atoms with Gasteiger partial charge < -0.3 is 10.1 Å². The van der Waals surface area contributed by atoms with Gasteiger partial charge in [0.05, 0.1) is 12.2 Å². The first kappa shape index (κ1) is 15.5. The van der Waals surface area contributed by atoms with Crippen molar-refractivity contribution in [3.8, 4) is 17.0 Å². The molecule has 2 aromatic rings. The van der Waals surface area contributed by atoms with Crippen LogP contribution in [-0.2, 0) is 11.2 Å². The minimum Gasteiger partial charge on any atom is -0.487 e. The van der Waals surface area contributed by atoms with Gasteiger partial charge in [0.2, 0.25) is 5.91 Å². The van der Waals surface area contributed by atoms with Gasteiger partial charge in [-0.1, -0.05) is 26.0 Å². The molecule has 0 aliphatic carbocycles. The van der Waals surface area contributed by atoms with Crippen LogP contribution in [0.4, 0.5) is 0 Å². The summed E-state index contributed by atoms with van der Waals surface area (Å²) in [6.07, 6.45) is 2.59. The van der Waals surface area contributed by atoms with Crippen molar-refractivity contribution < 1.29 is 9.53 Å². The van der Waals surface area contributed by atoms with Gasteiger partial charge in [-0.25, -0.2) is 0 Å². The minimum absolute atomic E-state index is 0.00916. The molecule has 1 aliphatic rings. The van der Waals surface area contributed by atoms with Gasteiger partial charge in [0.15, 0.2) is 0 Å². The van der Waals surface area contributed by atoms with E-state index in [0.29, 0.717) is 6.54 Å². The number of ether oxygens (including phenoxy) is 1. The lowest BCUT2D eigenvalue weighted by atomic mass is 10.0. The second kappa shape index (κ2) is 6.41. The van der Waals surface area contributed by atoms with E-state index in [9.17, 15) is 4.79 Å². The van der Waals surface area contributed by atoms with Gasteiger partial charge in [0, 0.05) is 24.1 Å². The van der Waals surface area contributed by atoms with Crippen LogP contribution < -0.4 is 10.1 Å². The Morgan fingerprint density at radius 1 is 1.39 bits per heavy atom. The van der Waals surface area contributed by atoms with Crippen LogP contribution >= 0.6 is 0 Å². The van der Waals surface area contributed by atoms with E-state index in [0.717, 1.165) is 23.4 Å². The molecule has 0 unspecified atom stereocenters. The molecular weight excluding hydrogens is 288 g/mol. The monoisotopic (exact) mass is 310 g/mol. The van der Waals surface area contributed by atoms with E-state index in [2.05, 4.69) is 29.4 Å². The first-order valence-electron chi connectivity index (χ1n) is 8.04. The number of aryl methyl sites for hydroxylation is 1. The molecule has 3 rings (SSSR count). The van der Waals surface area contributed by atoms with Gasteiger partial charge in [-0.05, 0) is 36.2 Å². The predicted molar refractivity (Wildman–Crippen MR) is 90.4 cm³/mol. The second-order valence-electron chi connectivity index (χ2n) is 6.36. The number of pyridine rings is 1. The highest BCUT2D eigenvalue weighted by molar-refractivity contribution is 5.78. The van der Waals surface area contributed by atoms with Crippen LogP contribution in [0.1, 0.15) is 25.0 Å². The smallest absolute Gasteiger partial charge is 0.222 e. The number of aromatic nitrogens is 1. The van der Waals surface area contributed by atoms with Crippen molar-refractivity contribution in [2.75, 3.05) is 6.54 Å². The average Bonchev–Trinajstić information content (AvgIpc) is 2.95. The molecule has 0 saturated carbocycles. The van der Waals surface area contributed by atoms with E-state index < -0.39 is 0 Å². The van der Waals surface area contributed by atoms with E-state index in [4.69, 9.17) is 4.74 Å². The van der Waals surface area contributed by atoms with Crippen molar-refractivity contribution in [2.24, 2.45) is 5.92 Å². The summed E-state index contributed by atoms with van der Waals surface area (Å²) in [5.41, 5.74) is 4.33. The van der Waals surface area contributed by atoms with Crippen LogP contribution in [0, 0.1) is 12.8 Å². The van der Waals surface area contributed by atoms with Gasteiger partial charge in [-0.15, -0.1) is 0 Å². The largest absolute Gasteiger partial charge is 0.487 e. The van der Waals surface area contributed by atoms with Crippen molar-refractivity contribution in [1.82, 2.24) is 10.3 Å². The Morgan fingerprint density at radius 3 is 2.91 bits per heavy atom. The lowest BCUT2D eigenvalue weighted by Crippen LogP contribution is -2.36. The molecule has 4 heteroatoms. The van der Waals surface area contributed by atoms with Crippen LogP contribution in [0.25, 0.3) is 11.3 Å². The summed E-state index contributed by atoms with van der Waals surface area (Å²) >= 11 is 0. The number of hydrogen-bond donors (Lipinski definition) is 1. The van der Waals surface area contributed by atoms with Gasteiger partial charge in [0.1, 0.15) is 11.9 Å². The molecular formula is C19H22N2O2. The third-order valence-corrected chi connectivity index (χ3v) is 4.01. The first-order valence-corrected chi connectivity index (χ1v) is 8.04. The highest BCUT2D eigenvalue weighted by atomic mass is 16.5. The Balaban J connectivity index is 1.81. The summed E-state index contributed by atoms with van der Waals surface area (Å²) in [4.78, 5) is 16.2. The van der Waals surface area contributed by atoms with Crippen LogP contribution in [0.15, 0.2) is 36.5 Å². The maximum atomic E-state index is 11.7. The first-order chi connectivity index (χ1) is 11.0. The van der Waals surface area contributed by atoms with Gasteiger partial charge in [-0.3, -0.25) is 9.78 Å². The summed E-state index contributed by atoms with van der Waals surface area (Å²) in [6.45, 7) is 6.40. The van der Waals surface area contributed by atoms with E-state index in [-0.39, 0.29) is 17.9 Å². The highest BCUT2D eigenvalue weighted by Crippen LogP contribution is 2.39. The molecule has 1 atom stereocenters. The molecule has 1 amide bonds. The maximum Gasteiger partial charge on any atom is 0.222 e. The summed E-state index contributed by atoms with van der Waals surface area (Å²) in [7, 11) is 0. The second-order valence-corrected chi connectivity index (χ2v) is 6.36. The molecule has 1 aromatic carbocycles. The van der Waals surface area contributed by atoms with E-state index in [1.165, 1.54) is 11.1 Å². The fourth-order valence-corrected chi connectivity index (χ4v) is 2.84. The summed E-state index contributed by atoms with van der Waals surface area (Å²) in [6, 6.07) is 10.1. The lowest BCUT2D eigenvalue weighted by molar-refractivity contribution is -0.124. The number of carbonyl (C=O) groups is 1. The molecule has 1 aliphatic heterocycles. The molecule has 0 fully saturated rings. The zero-order valence-electron chi connectivity index (χ0n) is 13.8. The lowest BCUT2D eigenvalue weighted by Gasteiger charge is -2.14. The quantitative estimate of drug-likeness (QED) is 0.944. The third-order valence-electron chi connectivity index (χ3n) is 4.01. The third kappa shape index (κ3) is 3.36. The molecule has 1 N–H and O–H groups in total. The van der Waals surface area contributed by atoms with Crippen LogP contribution in [0.5, 0.6) is 5.75 Å². The van der Waals surface area contributed by atoms with Crippen molar-refractivity contribution in [2.45, 2.75) is 33.3 Å². The number of benzene rings is 1. The molecule has 23 heavy (non-hydrogen) atoms. The molecule has 0 saturated heterocycles. The van der Waals surface area contributed by atoms with Crippen molar-refractivity contribution in [3.63, 3.8) is 0 Å². The minimum atomic E-state index is -0.0167. The van der Waals surface area contributed by atoms with Crippen LogP contribution in [0.3, 0.4) is 0 Å². The average molecular weight is 310 g/mol. The Kier molecular flexibility index (Phi) is 4.33. The van der Waals surface area contributed by atoms with Gasteiger partial charge in [0.25, 0.3) is 0 Å². The SMILES string of the molecule is Cc1cc2c(c(-c3ccccn3)c1)O[C@@H](CNC(=O)C(C)C)C2. The number of fused-ring (bicyclic) bond motifs is 1. The number of carbonyl (C=O) groups excluding carboxylic acids is 1. The number of hydrogen-bond acceptors (Lipinski definition) is 3. The number of nitrogens with one attached hydrogen (secondary N) is 1. The fraction of sp³-hybridized carbons (Fsp3) is 0.368. The van der Waals surface area contributed by atoms with E-state index in [1.54, 1.807) is 6.20 Å². The van der Waals surface area contributed by atoms with Crippen molar-refractivity contribution in [1.29, 1.82) is 0 Å². The van der Waals surface area contributed by atoms with Gasteiger partial charge >= 0.3 is 0 Å². The fourth-order valence-electron chi connectivity index (χ4n) is 2.84.